The fourth-order valence-corrected chi connectivity index (χ4v) is 6.70. The Morgan fingerprint density at radius 2 is 1.06 bits per heavy atom. The number of aromatic carboxylic acids is 1. The molecule has 0 saturated heterocycles. The Morgan fingerprint density at radius 3 is 1.49 bits per heavy atom. The molecule has 0 amide bonds. The number of aliphatic hydroxyl groups is 1. The summed E-state index contributed by atoms with van der Waals surface area (Å²) in [5.41, 5.74) is 4.22. The summed E-state index contributed by atoms with van der Waals surface area (Å²) in [5, 5.41) is 22.8. The van der Waals surface area contributed by atoms with Gasteiger partial charge in [-0.25, -0.2) is 26.5 Å². The number of carboxylic acid groups (broad SMARTS) is 1. The Bertz CT molecular complexity index is 2700. The van der Waals surface area contributed by atoms with Crippen LogP contribution in [0.25, 0.3) is 16.5 Å². The summed E-state index contributed by atoms with van der Waals surface area (Å²) in [7, 11) is -7.12. The minimum Gasteiger partial charge on any atom is -0.744 e. The first kappa shape index (κ1) is 74.6. The van der Waals surface area contributed by atoms with Crippen LogP contribution in [0.5, 0.6) is 0 Å². The van der Waals surface area contributed by atoms with E-state index in [1.807, 2.05) is 94.4 Å². The molecule has 70 heavy (non-hydrogen) atoms. The number of nitrogens with one attached hydrogen (secondary N) is 2. The zero-order valence-electron chi connectivity index (χ0n) is 44.7. The predicted molar refractivity (Wildman–Crippen MR) is 279 cm³/mol. The summed E-state index contributed by atoms with van der Waals surface area (Å²) in [5.74, 6) is -1.22. The molecule has 0 radical (unpaired) electrons. The number of fused-ring (bicyclic) bond motifs is 1. The Balaban J connectivity index is -0.000000256. The number of carboxylic acids is 1. The van der Waals surface area contributed by atoms with Gasteiger partial charge in [0.25, 0.3) is 15.6 Å². The molecule has 2 heterocycles. The number of pyridine rings is 1. The smallest absolute Gasteiger partial charge is 0.744 e. The van der Waals surface area contributed by atoms with Crippen molar-refractivity contribution in [1.82, 2.24) is 14.8 Å². The zero-order chi connectivity index (χ0) is 53.0. The van der Waals surface area contributed by atoms with E-state index >= 15 is 0 Å². The van der Waals surface area contributed by atoms with Crippen molar-refractivity contribution in [1.29, 1.82) is 0 Å². The van der Waals surface area contributed by atoms with Gasteiger partial charge in [-0.2, -0.15) is 0 Å². The normalized spacial score (nSPS) is 9.17. The summed E-state index contributed by atoms with van der Waals surface area (Å²) >= 11 is 0. The van der Waals surface area contributed by atoms with Crippen molar-refractivity contribution in [2.45, 2.75) is 114 Å². The molecule has 17 heteroatoms. The van der Waals surface area contributed by atoms with E-state index in [2.05, 4.69) is 84.1 Å². The van der Waals surface area contributed by atoms with Gasteiger partial charge in [0.05, 0.1) is 27.1 Å². The topological polar surface area (TPSA) is 214 Å². The molecule has 0 bridgehead atoms. The number of hydrogen-bond donors (Lipinski definition) is 3. The van der Waals surface area contributed by atoms with Gasteiger partial charge in [-0.15, -0.1) is 0 Å². The number of nitrogens with zero attached hydrogens (tertiary/aromatic N) is 2. The molecule has 0 spiro atoms. The molecule has 0 atom stereocenters. The number of anilines is 1. The maximum absolute atomic E-state index is 12.0. The first-order chi connectivity index (χ1) is 32.5. The van der Waals surface area contributed by atoms with Gasteiger partial charge >= 0.3 is 59.1 Å². The zero-order valence-corrected chi connectivity index (χ0v) is 50.3. The largest absolute Gasteiger partial charge is 1.00 e. The van der Waals surface area contributed by atoms with Gasteiger partial charge < -0.3 is 19.6 Å². The number of H-pyrrole nitrogens is 1. The molecule has 0 aliphatic rings. The number of carbonyl (C=O) groups excluding carboxylic acids is 1. The number of aliphatic hydroxyl groups excluding tert-OH is 1. The molecule has 7 rings (SSSR count). The van der Waals surface area contributed by atoms with E-state index in [4.69, 9.17) is 5.11 Å². The third-order valence-electron chi connectivity index (χ3n) is 8.10. The van der Waals surface area contributed by atoms with Crippen LogP contribution in [0.3, 0.4) is 0 Å². The van der Waals surface area contributed by atoms with Crippen LogP contribution in [0.4, 0.5) is 5.82 Å². The van der Waals surface area contributed by atoms with Crippen LogP contribution in [-0.2, 0) is 20.1 Å². The van der Waals surface area contributed by atoms with E-state index in [1.54, 1.807) is 42.5 Å². The molecule has 0 unspecified atom stereocenters. The summed E-state index contributed by atoms with van der Waals surface area (Å²) in [4.78, 5) is 26.3. The Morgan fingerprint density at radius 1 is 0.600 bits per heavy atom. The summed E-state index contributed by atoms with van der Waals surface area (Å²) in [6.45, 7) is 29.6. The molecule has 0 saturated carbocycles. The minimum absolute atomic E-state index is 0. The Hall–Kier alpha value is -4.39. The fraction of sp³-hybridized carbons (Fsp3) is 0.302. The predicted octanol–water partition coefficient (Wildman–Crippen LogP) is 5.13. The maximum Gasteiger partial charge on any atom is 1.00 e. The van der Waals surface area contributed by atoms with Crippen LogP contribution in [0.1, 0.15) is 108 Å². The standard InChI is InChI=1S/C12H12N2O2S.C12H12.C11H10N2O6S.C7H8.5C2H6.CH4O.2Na/c1-10-5-7-11(8-6-10)17(15,16)14-12-4-2-3-9-13-12;1-9-7-10(2)12-6-4-3-5-11(12)8-9;1-6-9(11(15)16)12-13(10(6)14)7-2-4-8(5-3-7)20(17,18)19;1-7-5-3-2-4-6-7;6*1-2;;/h2-9H,1H3,(H,13,14);3-8H,1-2H3;2-5,12H,1H3,(H,15,16)(H,17,18,19);2-6H,1H3;5*1-2H3;2H,1H3;;/q;;;;;;;;;;2*+1/p-2. The van der Waals surface area contributed by atoms with Gasteiger partial charge in [-0.1, -0.05) is 171 Å². The van der Waals surface area contributed by atoms with Crippen LogP contribution in [0, 0.1) is 34.6 Å². The van der Waals surface area contributed by atoms with E-state index in [1.165, 1.54) is 52.7 Å². The van der Waals surface area contributed by atoms with Crippen molar-refractivity contribution in [2.75, 3.05) is 11.8 Å². The molecular weight excluding hydrogens is 947 g/mol. The average Bonchev–Trinajstić information content (AvgIpc) is 3.67. The first-order valence-electron chi connectivity index (χ1n) is 22.5. The van der Waals surface area contributed by atoms with Crippen LogP contribution in [0.2, 0.25) is 0 Å². The maximum atomic E-state index is 12.0. The number of rotatable bonds is 6. The van der Waals surface area contributed by atoms with Crippen LogP contribution in [-0.4, -0.2) is 54.3 Å². The number of aryl methyl sites for hydroxylation is 4. The van der Waals surface area contributed by atoms with Crippen molar-refractivity contribution < 1.29 is 95.5 Å². The minimum atomic E-state index is -4.58. The summed E-state index contributed by atoms with van der Waals surface area (Å²) in [6, 6.07) is 39.4. The SMILES string of the molecule is CC.CC.CC.CC.CC.CO.Cc1c(C(=O)[O-])[nH]n(-c2ccc(S(=O)(=O)[O-])cc2)c1=O.Cc1cc(C)c2ccccc2c1.Cc1ccc(S(=O)(=O)Nc2ccccn2)cc1.Cc1ccccc1.[Na+].[Na+]. The van der Waals surface area contributed by atoms with Crippen LogP contribution < -0.4 is 74.5 Å². The second-order valence-corrected chi connectivity index (χ2v) is 15.6. The molecule has 2 aromatic heterocycles. The molecule has 3 N–H and O–H groups in total. The van der Waals surface area contributed by atoms with Gasteiger partial charge in [0.1, 0.15) is 15.9 Å². The third-order valence-corrected chi connectivity index (χ3v) is 10.3. The van der Waals surface area contributed by atoms with Gasteiger partial charge in [0.15, 0.2) is 0 Å². The first-order valence-corrected chi connectivity index (χ1v) is 25.4. The molecule has 7 aromatic rings. The molecule has 0 aliphatic heterocycles. The van der Waals surface area contributed by atoms with Crippen LogP contribution >= 0.6 is 0 Å². The van der Waals surface area contributed by atoms with E-state index in [-0.39, 0.29) is 81.0 Å². The van der Waals surface area contributed by atoms with E-state index < -0.39 is 36.6 Å². The van der Waals surface area contributed by atoms with Crippen molar-refractivity contribution in [2.24, 2.45) is 0 Å². The molecular formula is C53H74N4Na2O9S2. The Labute approximate surface area is 463 Å². The summed E-state index contributed by atoms with van der Waals surface area (Å²) in [6.07, 6.45) is 1.53. The van der Waals surface area contributed by atoms with E-state index in [0.29, 0.717) is 5.82 Å². The third kappa shape index (κ3) is 27.3. The average molecular weight is 1020 g/mol. The second-order valence-electron chi connectivity index (χ2n) is 12.6. The number of aromatic amines is 1. The molecule has 0 fully saturated rings. The van der Waals surface area contributed by atoms with Crippen molar-refractivity contribution in [3.8, 4) is 5.69 Å². The Kier molecular flexibility index (Phi) is 45.1. The van der Waals surface area contributed by atoms with Gasteiger partial charge in [-0.05, 0) is 99.5 Å². The molecule has 0 aliphatic carbocycles. The number of benzene rings is 5. The van der Waals surface area contributed by atoms with E-state index in [0.717, 1.165) is 29.5 Å². The molecule has 5 aromatic carbocycles. The monoisotopic (exact) mass is 1020 g/mol. The summed E-state index contributed by atoms with van der Waals surface area (Å²) < 4.78 is 59.6. The number of carbonyl (C=O) groups is 1. The van der Waals surface area contributed by atoms with Gasteiger partial charge in [0.2, 0.25) is 0 Å². The quantitative estimate of drug-likeness (QED) is 0.148. The van der Waals surface area contributed by atoms with Crippen LogP contribution in [0.15, 0.2) is 154 Å². The van der Waals surface area contributed by atoms with Gasteiger partial charge in [-0.3, -0.25) is 14.6 Å². The second kappa shape index (κ2) is 42.3. The fourth-order valence-electron chi connectivity index (χ4n) is 5.22. The van der Waals surface area contributed by atoms with Crippen molar-refractivity contribution in [3.05, 3.63) is 184 Å². The van der Waals surface area contributed by atoms with E-state index in [9.17, 15) is 36.1 Å². The van der Waals surface area contributed by atoms with Gasteiger partial charge in [0, 0.05) is 18.9 Å². The number of hydrogen-bond acceptors (Lipinski definition) is 10. The number of aromatic nitrogens is 3. The number of sulfonamides is 1. The van der Waals surface area contributed by atoms with Crippen molar-refractivity contribution in [3.63, 3.8) is 0 Å². The molecule has 13 nitrogen and oxygen atoms in total. The van der Waals surface area contributed by atoms with Crippen molar-refractivity contribution >= 4 is 42.7 Å². The molecule has 374 valence electrons.